The Morgan fingerprint density at radius 3 is 2.39 bits per heavy atom. The molecule has 0 spiro atoms. The Morgan fingerprint density at radius 2 is 2.00 bits per heavy atom. The lowest BCUT2D eigenvalue weighted by atomic mass is 10.1. The molecule has 0 aliphatic carbocycles. The van der Waals surface area contributed by atoms with Crippen LogP contribution < -0.4 is 10.2 Å². The molecule has 1 rings (SSSR count). The SMILES string of the molecule is CCCN(c1ccc(C(CC)NC)nc1)C(C)C. The van der Waals surface area contributed by atoms with Gasteiger partial charge in [0.1, 0.15) is 0 Å². The van der Waals surface area contributed by atoms with Crippen LogP contribution in [0.3, 0.4) is 0 Å². The van der Waals surface area contributed by atoms with Crippen molar-refractivity contribution in [1.82, 2.24) is 10.3 Å². The van der Waals surface area contributed by atoms with Crippen molar-refractivity contribution in [3.63, 3.8) is 0 Å². The van der Waals surface area contributed by atoms with E-state index >= 15 is 0 Å². The fourth-order valence-electron chi connectivity index (χ4n) is 2.26. The highest BCUT2D eigenvalue weighted by Gasteiger charge is 2.12. The summed E-state index contributed by atoms with van der Waals surface area (Å²) in [6.07, 6.45) is 4.23. The molecular weight excluding hydrogens is 222 g/mol. The molecule has 0 radical (unpaired) electrons. The molecule has 0 fully saturated rings. The van der Waals surface area contributed by atoms with Gasteiger partial charge >= 0.3 is 0 Å². The molecule has 0 saturated carbocycles. The topological polar surface area (TPSA) is 28.2 Å². The molecule has 0 amide bonds. The van der Waals surface area contributed by atoms with Crippen molar-refractivity contribution in [1.29, 1.82) is 0 Å². The quantitative estimate of drug-likeness (QED) is 0.803. The van der Waals surface area contributed by atoms with Crippen LogP contribution in [-0.4, -0.2) is 24.6 Å². The first-order valence-electron chi connectivity index (χ1n) is 7.03. The third-order valence-electron chi connectivity index (χ3n) is 3.30. The van der Waals surface area contributed by atoms with Gasteiger partial charge in [0.2, 0.25) is 0 Å². The van der Waals surface area contributed by atoms with Crippen molar-refractivity contribution in [2.45, 2.75) is 52.6 Å². The standard InChI is InChI=1S/C15H27N3/c1-6-10-18(12(3)4)13-8-9-15(17-11-13)14(7-2)16-5/h8-9,11-12,14,16H,6-7,10H2,1-5H3. The molecule has 0 bridgehead atoms. The smallest absolute Gasteiger partial charge is 0.0574 e. The number of hydrogen-bond donors (Lipinski definition) is 1. The molecule has 1 heterocycles. The molecule has 1 N–H and O–H groups in total. The molecule has 1 unspecified atom stereocenters. The fraction of sp³-hybridized carbons (Fsp3) is 0.667. The lowest BCUT2D eigenvalue weighted by Gasteiger charge is -2.28. The predicted octanol–water partition coefficient (Wildman–Crippen LogP) is 3.38. The largest absolute Gasteiger partial charge is 0.368 e. The van der Waals surface area contributed by atoms with Crippen LogP contribution >= 0.6 is 0 Å². The average molecular weight is 249 g/mol. The van der Waals surface area contributed by atoms with E-state index in [1.54, 1.807) is 0 Å². The normalized spacial score (nSPS) is 12.8. The maximum absolute atomic E-state index is 4.60. The van der Waals surface area contributed by atoms with Gasteiger partial charge in [-0.25, -0.2) is 0 Å². The van der Waals surface area contributed by atoms with Gasteiger partial charge in [-0.1, -0.05) is 13.8 Å². The summed E-state index contributed by atoms with van der Waals surface area (Å²) in [6, 6.07) is 5.21. The van der Waals surface area contributed by atoms with Crippen LogP contribution in [-0.2, 0) is 0 Å². The summed E-state index contributed by atoms with van der Waals surface area (Å²) in [4.78, 5) is 7.00. The van der Waals surface area contributed by atoms with E-state index < -0.39 is 0 Å². The number of nitrogens with one attached hydrogen (secondary N) is 1. The van der Waals surface area contributed by atoms with Gasteiger partial charge in [-0.2, -0.15) is 0 Å². The van der Waals surface area contributed by atoms with Crippen molar-refractivity contribution in [2.24, 2.45) is 0 Å². The summed E-state index contributed by atoms with van der Waals surface area (Å²) in [5, 5.41) is 3.29. The highest BCUT2D eigenvalue weighted by Crippen LogP contribution is 2.20. The molecule has 3 heteroatoms. The molecule has 18 heavy (non-hydrogen) atoms. The van der Waals surface area contributed by atoms with Crippen LogP contribution in [0.2, 0.25) is 0 Å². The van der Waals surface area contributed by atoms with Gasteiger partial charge in [0.25, 0.3) is 0 Å². The fourth-order valence-corrected chi connectivity index (χ4v) is 2.26. The van der Waals surface area contributed by atoms with E-state index in [1.165, 1.54) is 5.69 Å². The monoisotopic (exact) mass is 249 g/mol. The van der Waals surface area contributed by atoms with Crippen molar-refractivity contribution in [3.05, 3.63) is 24.0 Å². The second-order valence-corrected chi connectivity index (χ2v) is 4.98. The zero-order valence-corrected chi connectivity index (χ0v) is 12.4. The van der Waals surface area contributed by atoms with Gasteiger partial charge in [-0.05, 0) is 45.9 Å². The number of aromatic nitrogens is 1. The molecule has 0 aliphatic rings. The minimum absolute atomic E-state index is 0.359. The predicted molar refractivity (Wildman–Crippen MR) is 79.1 cm³/mol. The molecule has 0 aliphatic heterocycles. The minimum Gasteiger partial charge on any atom is -0.368 e. The van der Waals surface area contributed by atoms with Crippen LogP contribution in [0.4, 0.5) is 5.69 Å². The van der Waals surface area contributed by atoms with Gasteiger partial charge in [-0.15, -0.1) is 0 Å². The third-order valence-corrected chi connectivity index (χ3v) is 3.30. The number of nitrogens with zero attached hydrogens (tertiary/aromatic N) is 2. The molecule has 102 valence electrons. The summed E-state index contributed by atoms with van der Waals surface area (Å²) < 4.78 is 0. The van der Waals surface area contributed by atoms with Crippen LogP contribution in [0.15, 0.2) is 18.3 Å². The van der Waals surface area contributed by atoms with E-state index in [0.29, 0.717) is 12.1 Å². The van der Waals surface area contributed by atoms with Crippen LogP contribution in [0.25, 0.3) is 0 Å². The Hall–Kier alpha value is -1.09. The number of rotatable bonds is 7. The Balaban J connectivity index is 2.86. The minimum atomic E-state index is 0.359. The summed E-state index contributed by atoms with van der Waals surface area (Å²) in [6.45, 7) is 9.93. The van der Waals surface area contributed by atoms with Gasteiger partial charge in [0.05, 0.1) is 17.6 Å². The Labute approximate surface area is 112 Å². The first kappa shape index (κ1) is 15.0. The average Bonchev–Trinajstić information content (AvgIpc) is 2.38. The molecule has 1 aromatic rings. The maximum atomic E-state index is 4.60. The van der Waals surface area contributed by atoms with E-state index in [9.17, 15) is 0 Å². The molecule has 0 aromatic carbocycles. The second kappa shape index (κ2) is 7.37. The van der Waals surface area contributed by atoms with E-state index in [1.807, 2.05) is 13.2 Å². The molecule has 1 atom stereocenters. The summed E-state index contributed by atoms with van der Waals surface area (Å²) >= 11 is 0. The van der Waals surface area contributed by atoms with Crippen LogP contribution in [0, 0.1) is 0 Å². The summed E-state index contributed by atoms with van der Waals surface area (Å²) in [5.41, 5.74) is 2.35. The van der Waals surface area contributed by atoms with Crippen molar-refractivity contribution < 1.29 is 0 Å². The van der Waals surface area contributed by atoms with Gasteiger partial charge in [-0.3, -0.25) is 4.98 Å². The Kier molecular flexibility index (Phi) is 6.13. The second-order valence-electron chi connectivity index (χ2n) is 4.98. The third kappa shape index (κ3) is 3.70. The number of anilines is 1. The van der Waals surface area contributed by atoms with Gasteiger partial charge < -0.3 is 10.2 Å². The van der Waals surface area contributed by atoms with E-state index in [0.717, 1.165) is 25.1 Å². The van der Waals surface area contributed by atoms with Crippen molar-refractivity contribution in [3.8, 4) is 0 Å². The maximum Gasteiger partial charge on any atom is 0.0574 e. The number of pyridine rings is 1. The molecule has 0 saturated heterocycles. The molecular formula is C15H27N3. The lowest BCUT2D eigenvalue weighted by Crippen LogP contribution is -2.31. The zero-order chi connectivity index (χ0) is 13.5. The van der Waals surface area contributed by atoms with Crippen LogP contribution in [0.1, 0.15) is 52.3 Å². The first-order chi connectivity index (χ1) is 8.63. The van der Waals surface area contributed by atoms with Gasteiger partial charge in [0.15, 0.2) is 0 Å². The summed E-state index contributed by atoms with van der Waals surface area (Å²) in [7, 11) is 1.99. The van der Waals surface area contributed by atoms with Crippen molar-refractivity contribution >= 4 is 5.69 Å². The highest BCUT2D eigenvalue weighted by molar-refractivity contribution is 5.45. The van der Waals surface area contributed by atoms with Crippen molar-refractivity contribution in [2.75, 3.05) is 18.5 Å². The summed E-state index contributed by atoms with van der Waals surface area (Å²) in [5.74, 6) is 0. The Morgan fingerprint density at radius 1 is 1.28 bits per heavy atom. The first-order valence-corrected chi connectivity index (χ1v) is 7.03. The van der Waals surface area contributed by atoms with Crippen LogP contribution in [0.5, 0.6) is 0 Å². The lowest BCUT2D eigenvalue weighted by molar-refractivity contribution is 0.561. The van der Waals surface area contributed by atoms with Gasteiger partial charge in [0, 0.05) is 18.6 Å². The van der Waals surface area contributed by atoms with E-state index in [-0.39, 0.29) is 0 Å². The van der Waals surface area contributed by atoms with E-state index in [4.69, 9.17) is 0 Å². The molecule has 1 aromatic heterocycles. The number of hydrogen-bond acceptors (Lipinski definition) is 3. The zero-order valence-electron chi connectivity index (χ0n) is 12.4. The Bertz CT molecular complexity index is 328. The van der Waals surface area contributed by atoms with E-state index in [2.05, 4.69) is 55.0 Å². The molecule has 3 nitrogen and oxygen atoms in total. The highest BCUT2D eigenvalue weighted by atomic mass is 15.2.